The van der Waals surface area contributed by atoms with Crippen LogP contribution in [0.3, 0.4) is 0 Å². The van der Waals surface area contributed by atoms with Crippen LogP contribution in [0.15, 0.2) is 6.07 Å². The number of nitrogens with two attached hydrogens (primary N) is 1. The number of anilines is 1. The highest BCUT2D eigenvalue weighted by atomic mass is 14.6. The van der Waals surface area contributed by atoms with Crippen LogP contribution >= 0.6 is 0 Å². The first kappa shape index (κ1) is 11.1. The van der Waals surface area contributed by atoms with Crippen molar-refractivity contribution in [2.45, 2.75) is 52.4 Å². The molecule has 0 radical (unpaired) electrons. The summed E-state index contributed by atoms with van der Waals surface area (Å²) in [6.45, 7) is 4.65. The molecule has 2 N–H and O–H groups in total. The molecule has 1 unspecified atom stereocenters. The van der Waals surface area contributed by atoms with Crippen LogP contribution in [0.25, 0.3) is 0 Å². The van der Waals surface area contributed by atoms with Gasteiger partial charge in [-0.25, -0.2) is 0 Å². The summed E-state index contributed by atoms with van der Waals surface area (Å²) in [5.41, 5.74) is 13.6. The van der Waals surface area contributed by atoms with Crippen molar-refractivity contribution < 1.29 is 0 Å². The molecule has 0 saturated carbocycles. The lowest BCUT2D eigenvalue weighted by Crippen LogP contribution is -2.04. The third-order valence-electron chi connectivity index (χ3n) is 4.45. The Balaban J connectivity index is 1.91. The Morgan fingerprint density at radius 3 is 2.76 bits per heavy atom. The minimum absolute atomic E-state index is 0.808. The Morgan fingerprint density at radius 1 is 1.18 bits per heavy atom. The highest BCUT2D eigenvalue weighted by Crippen LogP contribution is 2.40. The summed E-state index contributed by atoms with van der Waals surface area (Å²) in [5.74, 6) is 1.65. The summed E-state index contributed by atoms with van der Waals surface area (Å²) >= 11 is 0. The number of hydrogen-bond acceptors (Lipinski definition) is 1. The van der Waals surface area contributed by atoms with E-state index in [1.807, 2.05) is 0 Å². The molecule has 1 aromatic carbocycles. The Bertz CT molecular complexity index is 445. The Kier molecular flexibility index (Phi) is 2.65. The number of rotatable bonds is 2. The van der Waals surface area contributed by atoms with Crippen LogP contribution in [0.4, 0.5) is 5.69 Å². The fraction of sp³-hybridized carbons (Fsp3) is 0.625. The van der Waals surface area contributed by atoms with E-state index >= 15 is 0 Å². The minimum Gasteiger partial charge on any atom is -0.398 e. The molecule has 2 aliphatic carbocycles. The monoisotopic (exact) mass is 229 g/mol. The molecule has 0 bridgehead atoms. The van der Waals surface area contributed by atoms with Crippen molar-refractivity contribution in [2.75, 3.05) is 5.73 Å². The summed E-state index contributed by atoms with van der Waals surface area (Å²) in [7, 11) is 0. The zero-order valence-corrected chi connectivity index (χ0v) is 11.1. The van der Waals surface area contributed by atoms with E-state index in [2.05, 4.69) is 19.9 Å². The molecule has 17 heavy (non-hydrogen) atoms. The maximum atomic E-state index is 6.38. The van der Waals surface area contributed by atoms with Gasteiger partial charge < -0.3 is 5.73 Å². The van der Waals surface area contributed by atoms with E-state index in [0.717, 1.165) is 17.5 Å². The average Bonchev–Trinajstić information content (AvgIpc) is 2.83. The molecule has 1 aromatic rings. The van der Waals surface area contributed by atoms with Gasteiger partial charge >= 0.3 is 0 Å². The van der Waals surface area contributed by atoms with Gasteiger partial charge in [0, 0.05) is 5.69 Å². The van der Waals surface area contributed by atoms with E-state index in [-0.39, 0.29) is 0 Å². The molecule has 1 heteroatoms. The number of nitrogen functional groups attached to an aromatic ring is 1. The SMILES string of the molecule is CC(C)CC1Cc2cc3c(c(N)c2C1)CCC3. The zero-order valence-electron chi connectivity index (χ0n) is 11.1. The van der Waals surface area contributed by atoms with E-state index in [0.29, 0.717) is 0 Å². The lowest BCUT2D eigenvalue weighted by Gasteiger charge is -2.11. The molecule has 0 spiro atoms. The van der Waals surface area contributed by atoms with Crippen molar-refractivity contribution in [3.8, 4) is 0 Å². The summed E-state index contributed by atoms with van der Waals surface area (Å²) in [6, 6.07) is 2.47. The lowest BCUT2D eigenvalue weighted by atomic mass is 9.94. The molecular weight excluding hydrogens is 206 g/mol. The maximum absolute atomic E-state index is 6.38. The van der Waals surface area contributed by atoms with E-state index in [1.54, 1.807) is 11.1 Å². The van der Waals surface area contributed by atoms with Gasteiger partial charge in [0.2, 0.25) is 0 Å². The molecule has 1 atom stereocenters. The predicted octanol–water partition coefficient (Wildman–Crippen LogP) is 3.52. The molecule has 0 fully saturated rings. The van der Waals surface area contributed by atoms with Gasteiger partial charge in [-0.15, -0.1) is 0 Å². The van der Waals surface area contributed by atoms with Gasteiger partial charge in [-0.1, -0.05) is 19.9 Å². The van der Waals surface area contributed by atoms with Crippen LogP contribution in [0.2, 0.25) is 0 Å². The lowest BCUT2D eigenvalue weighted by molar-refractivity contribution is 0.426. The largest absolute Gasteiger partial charge is 0.398 e. The minimum atomic E-state index is 0.808. The summed E-state index contributed by atoms with van der Waals surface area (Å²) < 4.78 is 0. The molecule has 0 saturated heterocycles. The fourth-order valence-electron chi connectivity index (χ4n) is 3.81. The van der Waals surface area contributed by atoms with E-state index in [4.69, 9.17) is 5.73 Å². The van der Waals surface area contributed by atoms with Crippen LogP contribution < -0.4 is 5.73 Å². The second-order valence-electron chi connectivity index (χ2n) is 6.32. The first-order valence-electron chi connectivity index (χ1n) is 7.07. The van der Waals surface area contributed by atoms with Gasteiger partial charge in [0.15, 0.2) is 0 Å². The number of hydrogen-bond donors (Lipinski definition) is 1. The van der Waals surface area contributed by atoms with E-state index in [9.17, 15) is 0 Å². The Labute approximate surface area is 104 Å². The number of aryl methyl sites for hydroxylation is 1. The number of benzene rings is 1. The fourth-order valence-corrected chi connectivity index (χ4v) is 3.81. The summed E-state index contributed by atoms with van der Waals surface area (Å²) in [4.78, 5) is 0. The highest BCUT2D eigenvalue weighted by Gasteiger charge is 2.27. The predicted molar refractivity (Wildman–Crippen MR) is 73.2 cm³/mol. The normalized spacial score (nSPS) is 21.9. The molecule has 2 aliphatic rings. The van der Waals surface area contributed by atoms with Gasteiger partial charge in [-0.3, -0.25) is 0 Å². The highest BCUT2D eigenvalue weighted by molar-refractivity contribution is 5.63. The molecule has 0 heterocycles. The van der Waals surface area contributed by atoms with Crippen molar-refractivity contribution in [3.05, 3.63) is 28.3 Å². The molecular formula is C16H23N. The summed E-state index contributed by atoms with van der Waals surface area (Å²) in [6.07, 6.45) is 7.61. The van der Waals surface area contributed by atoms with E-state index in [1.165, 1.54) is 49.7 Å². The molecule has 3 rings (SSSR count). The second-order valence-corrected chi connectivity index (χ2v) is 6.32. The van der Waals surface area contributed by atoms with Crippen LogP contribution in [0, 0.1) is 11.8 Å². The number of fused-ring (bicyclic) bond motifs is 2. The summed E-state index contributed by atoms with van der Waals surface area (Å²) in [5, 5.41) is 0. The van der Waals surface area contributed by atoms with Crippen molar-refractivity contribution in [1.82, 2.24) is 0 Å². The van der Waals surface area contributed by atoms with Gasteiger partial charge in [-0.05, 0) is 72.6 Å². The molecule has 0 aromatic heterocycles. The first-order chi connectivity index (χ1) is 8.15. The second kappa shape index (κ2) is 4.04. The third-order valence-corrected chi connectivity index (χ3v) is 4.45. The third kappa shape index (κ3) is 1.86. The smallest absolute Gasteiger partial charge is 0.0384 e. The average molecular weight is 229 g/mol. The maximum Gasteiger partial charge on any atom is 0.0384 e. The van der Waals surface area contributed by atoms with Crippen molar-refractivity contribution in [2.24, 2.45) is 11.8 Å². The quantitative estimate of drug-likeness (QED) is 0.772. The standard InChI is InChI=1S/C16H23N/c1-10(2)6-11-7-13-9-12-4-3-5-14(12)16(17)15(13)8-11/h9-11H,3-8,17H2,1-2H3. The Hall–Kier alpha value is -0.980. The van der Waals surface area contributed by atoms with Crippen LogP contribution in [0.1, 0.15) is 48.9 Å². The Morgan fingerprint density at radius 2 is 2.00 bits per heavy atom. The zero-order chi connectivity index (χ0) is 12.0. The molecule has 1 nitrogen and oxygen atoms in total. The van der Waals surface area contributed by atoms with Crippen LogP contribution in [-0.2, 0) is 25.7 Å². The van der Waals surface area contributed by atoms with Crippen molar-refractivity contribution in [1.29, 1.82) is 0 Å². The van der Waals surface area contributed by atoms with Crippen LogP contribution in [-0.4, -0.2) is 0 Å². The van der Waals surface area contributed by atoms with Crippen molar-refractivity contribution >= 4 is 5.69 Å². The molecule has 0 amide bonds. The van der Waals surface area contributed by atoms with E-state index < -0.39 is 0 Å². The molecule has 92 valence electrons. The van der Waals surface area contributed by atoms with Gasteiger partial charge in [0.05, 0.1) is 0 Å². The van der Waals surface area contributed by atoms with Crippen LogP contribution in [0.5, 0.6) is 0 Å². The van der Waals surface area contributed by atoms with Gasteiger partial charge in [0.1, 0.15) is 0 Å². The molecule has 0 aliphatic heterocycles. The van der Waals surface area contributed by atoms with Gasteiger partial charge in [0.25, 0.3) is 0 Å². The van der Waals surface area contributed by atoms with Crippen molar-refractivity contribution in [3.63, 3.8) is 0 Å². The first-order valence-corrected chi connectivity index (χ1v) is 7.07. The van der Waals surface area contributed by atoms with Gasteiger partial charge in [-0.2, -0.15) is 0 Å². The topological polar surface area (TPSA) is 26.0 Å².